The molecule has 0 saturated carbocycles. The number of halogens is 1. The van der Waals surface area contributed by atoms with Crippen LogP contribution in [0.15, 0.2) is 64.6 Å². The van der Waals surface area contributed by atoms with E-state index in [1.54, 1.807) is 24.5 Å². The van der Waals surface area contributed by atoms with Gasteiger partial charge in [0.1, 0.15) is 6.20 Å². The molecule has 9 nitrogen and oxygen atoms in total. The molecule has 2 aromatic heterocycles. The summed E-state index contributed by atoms with van der Waals surface area (Å²) in [6, 6.07) is 10.9. The first kappa shape index (κ1) is 18.4. The number of hydrogen-bond acceptors (Lipinski definition) is 6. The zero-order valence-electron chi connectivity index (χ0n) is 13.8. The van der Waals surface area contributed by atoms with Gasteiger partial charge in [-0.1, -0.05) is 34.1 Å². The van der Waals surface area contributed by atoms with Gasteiger partial charge in [0.25, 0.3) is 5.91 Å². The number of carbonyl (C=O) groups is 1. The molecule has 10 heteroatoms. The molecule has 0 aliphatic heterocycles. The number of nitro groups is 1. The summed E-state index contributed by atoms with van der Waals surface area (Å²) in [5, 5.41) is 19.1. The summed E-state index contributed by atoms with van der Waals surface area (Å²) in [5.41, 5.74) is 3.10. The highest BCUT2D eigenvalue weighted by Gasteiger charge is 2.25. The number of nitrogens with zero attached hydrogens (tertiary/aromatic N) is 5. The van der Waals surface area contributed by atoms with E-state index in [0.29, 0.717) is 5.56 Å². The molecule has 0 unspecified atom stereocenters. The van der Waals surface area contributed by atoms with Crippen molar-refractivity contribution in [3.63, 3.8) is 0 Å². The summed E-state index contributed by atoms with van der Waals surface area (Å²) in [6.07, 6.45) is 5.78. The van der Waals surface area contributed by atoms with Crippen molar-refractivity contribution in [2.24, 2.45) is 5.10 Å². The molecule has 3 rings (SSSR count). The highest BCUT2D eigenvalue weighted by Crippen LogP contribution is 2.18. The van der Waals surface area contributed by atoms with Crippen LogP contribution in [0.2, 0.25) is 0 Å². The van der Waals surface area contributed by atoms with Crippen LogP contribution >= 0.6 is 15.9 Å². The fourth-order valence-corrected chi connectivity index (χ4v) is 2.73. The van der Waals surface area contributed by atoms with Gasteiger partial charge in [-0.2, -0.15) is 10.2 Å². The van der Waals surface area contributed by atoms with E-state index in [2.05, 4.69) is 36.5 Å². The lowest BCUT2D eigenvalue weighted by atomic mass is 10.2. The molecular formula is C17H13BrN6O3. The number of nitrogens with one attached hydrogen (secondary N) is 1. The van der Waals surface area contributed by atoms with Crippen molar-refractivity contribution in [1.29, 1.82) is 0 Å². The first-order valence-electron chi connectivity index (χ1n) is 7.72. The SMILES string of the molecule is O=C(N/N=C/c1cccnc1)c1nn(Cc2cccc(Br)c2)cc1[N+](=O)[O-]. The molecule has 0 atom stereocenters. The number of carbonyl (C=O) groups excluding carboxylic acids is 1. The normalized spacial score (nSPS) is 10.9. The van der Waals surface area contributed by atoms with E-state index >= 15 is 0 Å². The minimum atomic E-state index is -0.769. The third kappa shape index (κ3) is 4.82. The molecule has 0 fully saturated rings. The quantitative estimate of drug-likeness (QED) is 0.368. The van der Waals surface area contributed by atoms with Gasteiger partial charge >= 0.3 is 5.69 Å². The molecule has 136 valence electrons. The van der Waals surface area contributed by atoms with E-state index in [1.807, 2.05) is 24.3 Å². The largest absolute Gasteiger partial charge is 0.320 e. The maximum atomic E-state index is 12.3. The van der Waals surface area contributed by atoms with Crippen LogP contribution in [0.3, 0.4) is 0 Å². The third-order valence-electron chi connectivity index (χ3n) is 3.45. The van der Waals surface area contributed by atoms with Gasteiger partial charge in [-0.05, 0) is 23.8 Å². The molecule has 27 heavy (non-hydrogen) atoms. The predicted octanol–water partition coefficient (Wildman–Crippen LogP) is 2.76. The third-order valence-corrected chi connectivity index (χ3v) is 3.95. The van der Waals surface area contributed by atoms with Crippen molar-refractivity contribution in [2.75, 3.05) is 0 Å². The van der Waals surface area contributed by atoms with E-state index in [0.717, 1.165) is 10.0 Å². The van der Waals surface area contributed by atoms with Crippen LogP contribution in [0, 0.1) is 10.1 Å². The van der Waals surface area contributed by atoms with E-state index < -0.39 is 10.8 Å². The number of amides is 1. The Labute approximate surface area is 162 Å². The fraction of sp³-hybridized carbons (Fsp3) is 0.0588. The van der Waals surface area contributed by atoms with Crippen molar-refractivity contribution < 1.29 is 9.72 Å². The van der Waals surface area contributed by atoms with E-state index in [-0.39, 0.29) is 17.9 Å². The summed E-state index contributed by atoms with van der Waals surface area (Å²) < 4.78 is 2.23. The standard InChI is InChI=1S/C17H13BrN6O3/c18-14-5-1-3-12(7-14)10-23-11-15(24(26)27)16(22-23)17(25)21-20-9-13-4-2-6-19-8-13/h1-9,11H,10H2,(H,21,25)/b20-9+. The van der Waals surface area contributed by atoms with Gasteiger partial charge in [0.05, 0.1) is 17.7 Å². The van der Waals surface area contributed by atoms with Gasteiger partial charge in [-0.3, -0.25) is 24.6 Å². The van der Waals surface area contributed by atoms with Crippen LogP contribution in [0.25, 0.3) is 0 Å². The monoisotopic (exact) mass is 428 g/mol. The van der Waals surface area contributed by atoms with Gasteiger partial charge in [0.15, 0.2) is 0 Å². The first-order chi connectivity index (χ1) is 13.0. The Kier molecular flexibility index (Phi) is 5.67. The molecule has 1 N–H and O–H groups in total. The Morgan fingerprint density at radius 2 is 2.22 bits per heavy atom. The molecule has 2 heterocycles. The lowest BCUT2D eigenvalue weighted by Gasteiger charge is -2.01. The number of benzene rings is 1. The maximum Gasteiger partial charge on any atom is 0.320 e. The summed E-state index contributed by atoms with van der Waals surface area (Å²) >= 11 is 3.37. The fourth-order valence-electron chi connectivity index (χ4n) is 2.28. The van der Waals surface area contributed by atoms with Crippen LogP contribution in [0.5, 0.6) is 0 Å². The smallest absolute Gasteiger partial charge is 0.265 e. The van der Waals surface area contributed by atoms with Gasteiger partial charge in [-0.15, -0.1) is 0 Å². The van der Waals surface area contributed by atoms with Gasteiger partial charge < -0.3 is 0 Å². The number of pyridine rings is 1. The number of aromatic nitrogens is 3. The lowest BCUT2D eigenvalue weighted by molar-refractivity contribution is -0.385. The minimum Gasteiger partial charge on any atom is -0.265 e. The molecule has 0 spiro atoms. The highest BCUT2D eigenvalue weighted by molar-refractivity contribution is 9.10. The second kappa shape index (κ2) is 8.32. The highest BCUT2D eigenvalue weighted by atomic mass is 79.9. The Hall–Kier alpha value is -3.40. The van der Waals surface area contributed by atoms with Crippen molar-refractivity contribution in [2.45, 2.75) is 6.54 Å². The zero-order valence-corrected chi connectivity index (χ0v) is 15.4. The van der Waals surface area contributed by atoms with Crippen LogP contribution in [-0.4, -0.2) is 31.8 Å². The first-order valence-corrected chi connectivity index (χ1v) is 8.52. The molecule has 0 aliphatic rings. The van der Waals surface area contributed by atoms with E-state index in [9.17, 15) is 14.9 Å². The molecule has 3 aromatic rings. The van der Waals surface area contributed by atoms with Crippen LogP contribution in [0.4, 0.5) is 5.69 Å². The summed E-state index contributed by atoms with van der Waals surface area (Å²) in [7, 11) is 0. The molecule has 1 aromatic carbocycles. The molecule has 0 bridgehead atoms. The Morgan fingerprint density at radius 1 is 1.37 bits per heavy atom. The maximum absolute atomic E-state index is 12.3. The number of hydrogen-bond donors (Lipinski definition) is 1. The van der Waals surface area contributed by atoms with Crippen LogP contribution < -0.4 is 5.43 Å². The Morgan fingerprint density at radius 3 is 2.93 bits per heavy atom. The number of rotatable bonds is 6. The van der Waals surface area contributed by atoms with Crippen LogP contribution in [-0.2, 0) is 6.54 Å². The molecule has 0 aliphatic carbocycles. The van der Waals surface area contributed by atoms with Crippen molar-refractivity contribution in [3.8, 4) is 0 Å². The van der Waals surface area contributed by atoms with Gasteiger partial charge in [-0.25, -0.2) is 5.43 Å². The second-order valence-corrected chi connectivity index (χ2v) is 6.35. The van der Waals surface area contributed by atoms with Gasteiger partial charge in [0.2, 0.25) is 5.69 Å². The van der Waals surface area contributed by atoms with E-state index in [4.69, 9.17) is 0 Å². The van der Waals surface area contributed by atoms with Crippen molar-refractivity contribution in [1.82, 2.24) is 20.2 Å². The minimum absolute atomic E-state index is 0.284. The lowest BCUT2D eigenvalue weighted by Crippen LogP contribution is -2.19. The van der Waals surface area contributed by atoms with Gasteiger partial charge in [0, 0.05) is 22.4 Å². The van der Waals surface area contributed by atoms with Crippen molar-refractivity contribution in [3.05, 3.63) is 86.4 Å². The predicted molar refractivity (Wildman–Crippen MR) is 101 cm³/mol. The Bertz CT molecular complexity index is 1000. The average molecular weight is 429 g/mol. The molecule has 0 saturated heterocycles. The zero-order chi connectivity index (χ0) is 19.2. The van der Waals surface area contributed by atoms with Crippen LogP contribution in [0.1, 0.15) is 21.6 Å². The average Bonchev–Trinajstić information content (AvgIpc) is 3.07. The Balaban J connectivity index is 1.77. The second-order valence-electron chi connectivity index (χ2n) is 5.43. The number of hydrazone groups is 1. The molecular weight excluding hydrogens is 416 g/mol. The topological polar surface area (TPSA) is 115 Å². The summed E-state index contributed by atoms with van der Waals surface area (Å²) in [4.78, 5) is 26.8. The molecule has 0 radical (unpaired) electrons. The summed E-state index contributed by atoms with van der Waals surface area (Å²) in [6.45, 7) is 0.284. The van der Waals surface area contributed by atoms with E-state index in [1.165, 1.54) is 17.1 Å². The summed E-state index contributed by atoms with van der Waals surface area (Å²) in [5.74, 6) is -0.769. The molecule has 1 amide bonds. The van der Waals surface area contributed by atoms with Crippen molar-refractivity contribution >= 4 is 33.7 Å².